The molecule has 0 aliphatic heterocycles. The summed E-state index contributed by atoms with van der Waals surface area (Å²) in [4.78, 5) is 11.6. The summed E-state index contributed by atoms with van der Waals surface area (Å²) < 4.78 is 5.28. The van der Waals surface area contributed by atoms with E-state index in [0.717, 1.165) is 44.9 Å². The molecule has 0 aromatic rings. The highest BCUT2D eigenvalue weighted by molar-refractivity contribution is 5.69. The highest BCUT2D eigenvalue weighted by atomic mass is 16.5. The molecular formula is C25H48O3. The summed E-state index contributed by atoms with van der Waals surface area (Å²) in [7, 11) is 0. The third-order valence-corrected chi connectivity index (χ3v) is 5.23. The maximum Gasteiger partial charge on any atom is 0.305 e. The van der Waals surface area contributed by atoms with Gasteiger partial charge in [0.15, 0.2) is 0 Å². The molecule has 0 aliphatic carbocycles. The molecule has 28 heavy (non-hydrogen) atoms. The van der Waals surface area contributed by atoms with E-state index in [0.29, 0.717) is 13.0 Å². The van der Waals surface area contributed by atoms with Gasteiger partial charge in [0.05, 0.1) is 12.7 Å². The molecule has 0 spiro atoms. The van der Waals surface area contributed by atoms with Gasteiger partial charge in [-0.1, -0.05) is 96.6 Å². The Kier molecular flexibility index (Phi) is 21.8. The summed E-state index contributed by atoms with van der Waals surface area (Å²) >= 11 is 0. The highest BCUT2D eigenvalue weighted by Gasteiger charge is 2.02. The minimum Gasteiger partial charge on any atom is -0.466 e. The Hall–Kier alpha value is -0.830. The number of rotatable bonds is 21. The van der Waals surface area contributed by atoms with Crippen LogP contribution in [0.3, 0.4) is 0 Å². The quantitative estimate of drug-likeness (QED) is 0.124. The number of hydrogen-bond donors (Lipinski definition) is 1. The number of allylic oxidation sites excluding steroid dienone is 1. The van der Waals surface area contributed by atoms with Crippen LogP contribution in [0.15, 0.2) is 12.2 Å². The largest absolute Gasteiger partial charge is 0.466 e. The second-order valence-electron chi connectivity index (χ2n) is 8.15. The number of carbonyl (C=O) groups excluding carboxylic acids is 1. The number of aliphatic hydroxyl groups is 1. The average molecular weight is 397 g/mol. The Morgan fingerprint density at radius 3 is 2.14 bits per heavy atom. The molecule has 0 saturated carbocycles. The molecule has 0 aromatic carbocycles. The van der Waals surface area contributed by atoms with Gasteiger partial charge in [-0.2, -0.15) is 0 Å². The lowest BCUT2D eigenvalue weighted by Crippen LogP contribution is -2.05. The lowest BCUT2D eigenvalue weighted by Gasteiger charge is -2.07. The van der Waals surface area contributed by atoms with Crippen molar-refractivity contribution in [2.24, 2.45) is 0 Å². The van der Waals surface area contributed by atoms with E-state index in [1.807, 2.05) is 0 Å². The third kappa shape index (κ3) is 21.5. The molecule has 0 bridgehead atoms. The molecule has 0 aliphatic rings. The number of esters is 1. The predicted octanol–water partition coefficient (Wildman–Crippen LogP) is 7.51. The molecule has 0 heterocycles. The first-order valence-corrected chi connectivity index (χ1v) is 12.2. The second-order valence-corrected chi connectivity index (χ2v) is 8.15. The van der Waals surface area contributed by atoms with Crippen LogP contribution in [-0.2, 0) is 9.53 Å². The van der Waals surface area contributed by atoms with Crippen molar-refractivity contribution in [3.8, 4) is 0 Å². The highest BCUT2D eigenvalue weighted by Crippen LogP contribution is 2.11. The SMILES string of the molecule is CCCCCCCOC(=O)CCCCCCCC=CCC(O)CCCCCC. The van der Waals surface area contributed by atoms with E-state index in [1.54, 1.807) is 0 Å². The molecule has 0 saturated heterocycles. The van der Waals surface area contributed by atoms with Crippen LogP contribution in [0.5, 0.6) is 0 Å². The topological polar surface area (TPSA) is 46.5 Å². The lowest BCUT2D eigenvalue weighted by molar-refractivity contribution is -0.143. The average Bonchev–Trinajstić information content (AvgIpc) is 2.69. The van der Waals surface area contributed by atoms with Gasteiger partial charge >= 0.3 is 5.97 Å². The van der Waals surface area contributed by atoms with Gasteiger partial charge in [0.1, 0.15) is 0 Å². The first-order chi connectivity index (χ1) is 13.7. The smallest absolute Gasteiger partial charge is 0.305 e. The maximum atomic E-state index is 11.6. The van der Waals surface area contributed by atoms with Gasteiger partial charge in [0, 0.05) is 6.42 Å². The van der Waals surface area contributed by atoms with Crippen molar-refractivity contribution in [2.45, 2.75) is 136 Å². The van der Waals surface area contributed by atoms with Crippen molar-refractivity contribution in [1.29, 1.82) is 0 Å². The Labute approximate surface area is 175 Å². The summed E-state index contributed by atoms with van der Waals surface area (Å²) in [6.45, 7) is 5.02. The summed E-state index contributed by atoms with van der Waals surface area (Å²) in [5.41, 5.74) is 0. The summed E-state index contributed by atoms with van der Waals surface area (Å²) in [5.74, 6) is -0.0216. The van der Waals surface area contributed by atoms with Crippen LogP contribution in [-0.4, -0.2) is 23.8 Å². The van der Waals surface area contributed by atoms with Crippen molar-refractivity contribution in [2.75, 3.05) is 6.61 Å². The number of unbranched alkanes of at least 4 members (excludes halogenated alkanes) is 12. The molecule has 1 unspecified atom stereocenters. The van der Waals surface area contributed by atoms with Gasteiger partial charge in [-0.15, -0.1) is 0 Å². The van der Waals surface area contributed by atoms with E-state index in [2.05, 4.69) is 26.0 Å². The first-order valence-electron chi connectivity index (χ1n) is 12.2. The maximum absolute atomic E-state index is 11.6. The van der Waals surface area contributed by atoms with Gasteiger partial charge in [-0.3, -0.25) is 4.79 Å². The fourth-order valence-corrected chi connectivity index (χ4v) is 3.32. The van der Waals surface area contributed by atoms with Crippen LogP contribution in [0.4, 0.5) is 0 Å². The summed E-state index contributed by atoms with van der Waals surface area (Å²) in [5, 5.41) is 9.91. The standard InChI is InChI=1S/C25H48O3/c1-3-5-7-15-19-23-28-25(27)22-18-14-12-10-9-11-13-17-21-24(26)20-16-8-6-4-2/h13,17,24,26H,3-12,14-16,18-23H2,1-2H3. The predicted molar refractivity (Wildman–Crippen MR) is 121 cm³/mol. The fourth-order valence-electron chi connectivity index (χ4n) is 3.32. The normalized spacial score (nSPS) is 12.5. The minimum absolute atomic E-state index is 0.0216. The zero-order valence-corrected chi connectivity index (χ0v) is 18.9. The summed E-state index contributed by atoms with van der Waals surface area (Å²) in [6, 6.07) is 0. The van der Waals surface area contributed by atoms with Gasteiger partial charge in [0.2, 0.25) is 0 Å². The van der Waals surface area contributed by atoms with E-state index in [4.69, 9.17) is 4.74 Å². The molecule has 1 N–H and O–H groups in total. The molecule has 0 fully saturated rings. The van der Waals surface area contributed by atoms with E-state index < -0.39 is 0 Å². The van der Waals surface area contributed by atoms with Crippen LogP contribution in [0.2, 0.25) is 0 Å². The zero-order chi connectivity index (χ0) is 20.7. The van der Waals surface area contributed by atoms with Crippen molar-refractivity contribution in [3.05, 3.63) is 12.2 Å². The monoisotopic (exact) mass is 396 g/mol. The Bertz CT molecular complexity index is 352. The van der Waals surface area contributed by atoms with E-state index in [9.17, 15) is 9.90 Å². The first kappa shape index (κ1) is 27.2. The Morgan fingerprint density at radius 2 is 1.39 bits per heavy atom. The second kappa shape index (κ2) is 22.5. The number of carbonyl (C=O) groups is 1. The molecule has 0 rings (SSSR count). The van der Waals surface area contributed by atoms with E-state index in [-0.39, 0.29) is 12.1 Å². The molecule has 0 aromatic heterocycles. The molecule has 3 heteroatoms. The molecule has 166 valence electrons. The van der Waals surface area contributed by atoms with Gasteiger partial charge in [-0.25, -0.2) is 0 Å². The van der Waals surface area contributed by atoms with Crippen molar-refractivity contribution >= 4 is 5.97 Å². The molecular weight excluding hydrogens is 348 g/mol. The third-order valence-electron chi connectivity index (χ3n) is 5.23. The Balaban J connectivity index is 3.30. The Morgan fingerprint density at radius 1 is 0.786 bits per heavy atom. The van der Waals surface area contributed by atoms with E-state index >= 15 is 0 Å². The van der Waals surface area contributed by atoms with Crippen molar-refractivity contribution in [3.63, 3.8) is 0 Å². The molecule has 1 atom stereocenters. The zero-order valence-electron chi connectivity index (χ0n) is 18.9. The number of ether oxygens (including phenoxy) is 1. The van der Waals surface area contributed by atoms with Crippen LogP contribution in [0.1, 0.15) is 129 Å². The number of aliphatic hydroxyl groups excluding tert-OH is 1. The van der Waals surface area contributed by atoms with Gasteiger partial charge in [0.25, 0.3) is 0 Å². The van der Waals surface area contributed by atoms with Crippen LogP contribution < -0.4 is 0 Å². The minimum atomic E-state index is -0.163. The number of hydrogen-bond acceptors (Lipinski definition) is 3. The van der Waals surface area contributed by atoms with Crippen LogP contribution in [0, 0.1) is 0 Å². The molecule has 0 amide bonds. The van der Waals surface area contributed by atoms with Crippen LogP contribution >= 0.6 is 0 Å². The van der Waals surface area contributed by atoms with Crippen molar-refractivity contribution in [1.82, 2.24) is 0 Å². The molecule has 0 radical (unpaired) electrons. The summed E-state index contributed by atoms with van der Waals surface area (Å²) in [6.07, 6.45) is 24.2. The lowest BCUT2D eigenvalue weighted by atomic mass is 10.1. The fraction of sp³-hybridized carbons (Fsp3) is 0.880. The van der Waals surface area contributed by atoms with E-state index in [1.165, 1.54) is 64.2 Å². The van der Waals surface area contributed by atoms with Crippen molar-refractivity contribution < 1.29 is 14.6 Å². The van der Waals surface area contributed by atoms with Crippen LogP contribution in [0.25, 0.3) is 0 Å². The van der Waals surface area contributed by atoms with Gasteiger partial charge < -0.3 is 9.84 Å². The van der Waals surface area contributed by atoms with Gasteiger partial charge in [-0.05, 0) is 38.5 Å². The molecule has 3 nitrogen and oxygen atoms in total.